The third kappa shape index (κ3) is 4.48. The molecule has 0 bridgehead atoms. The number of aromatic nitrogens is 4. The lowest BCUT2D eigenvalue weighted by atomic mass is 9.97. The van der Waals surface area contributed by atoms with Crippen LogP contribution in [0.2, 0.25) is 0 Å². The molecule has 1 aliphatic rings. The van der Waals surface area contributed by atoms with Crippen molar-refractivity contribution in [2.45, 2.75) is 25.7 Å². The second-order valence-corrected chi connectivity index (χ2v) is 6.18. The van der Waals surface area contributed by atoms with Gasteiger partial charge in [0.25, 0.3) is 0 Å². The number of amides is 1. The first kappa shape index (κ1) is 17.2. The third-order valence-electron chi connectivity index (χ3n) is 4.16. The minimum atomic E-state index is 0.123. The van der Waals surface area contributed by atoms with Gasteiger partial charge in [-0.25, -0.2) is 15.0 Å². The third-order valence-corrected chi connectivity index (χ3v) is 4.16. The summed E-state index contributed by atoms with van der Waals surface area (Å²) >= 11 is 0. The molecule has 0 aliphatic carbocycles. The minimum Gasteiger partial charge on any atom is -0.341 e. The Labute approximate surface area is 147 Å². The molecule has 1 amide bonds. The van der Waals surface area contributed by atoms with Crippen molar-refractivity contribution < 1.29 is 4.79 Å². The first-order chi connectivity index (χ1) is 12.2. The van der Waals surface area contributed by atoms with E-state index in [0.717, 1.165) is 30.9 Å². The normalized spacial score (nSPS) is 17.4. The predicted molar refractivity (Wildman–Crippen MR) is 94.6 cm³/mol. The topological polar surface area (TPSA) is 95.9 Å². The molecule has 0 radical (unpaired) electrons. The van der Waals surface area contributed by atoms with Gasteiger partial charge in [-0.2, -0.15) is 0 Å². The van der Waals surface area contributed by atoms with Crippen molar-refractivity contribution >= 4 is 17.5 Å². The summed E-state index contributed by atoms with van der Waals surface area (Å²) in [4.78, 5) is 31.5. The Kier molecular flexibility index (Phi) is 5.49. The molecule has 25 heavy (non-hydrogen) atoms. The predicted octanol–water partition coefficient (Wildman–Crippen LogP) is 1.24. The molecular formula is C17H23N7O. The fourth-order valence-corrected chi connectivity index (χ4v) is 3.01. The molecule has 132 valence electrons. The van der Waals surface area contributed by atoms with Gasteiger partial charge in [-0.15, -0.1) is 0 Å². The smallest absolute Gasteiger partial charge is 0.236 e. The molecular weight excluding hydrogens is 318 g/mol. The van der Waals surface area contributed by atoms with Crippen LogP contribution in [-0.4, -0.2) is 57.4 Å². The lowest BCUT2D eigenvalue weighted by Gasteiger charge is -2.32. The van der Waals surface area contributed by atoms with Crippen LogP contribution in [0, 0.1) is 6.92 Å². The monoisotopic (exact) mass is 341 g/mol. The number of nitrogens with one attached hydrogen (secondary N) is 2. The van der Waals surface area contributed by atoms with Gasteiger partial charge in [0.15, 0.2) is 0 Å². The highest BCUT2D eigenvalue weighted by atomic mass is 16.2. The Balaban J connectivity index is 1.76. The zero-order chi connectivity index (χ0) is 17.6. The van der Waals surface area contributed by atoms with E-state index in [1.807, 2.05) is 17.9 Å². The van der Waals surface area contributed by atoms with Crippen LogP contribution in [0.3, 0.4) is 0 Å². The molecule has 1 atom stereocenters. The van der Waals surface area contributed by atoms with Gasteiger partial charge >= 0.3 is 0 Å². The molecule has 0 spiro atoms. The highest BCUT2D eigenvalue weighted by Crippen LogP contribution is 2.26. The van der Waals surface area contributed by atoms with Crippen molar-refractivity contribution in [1.82, 2.24) is 30.2 Å². The molecule has 8 heteroatoms. The van der Waals surface area contributed by atoms with Crippen LogP contribution in [0.5, 0.6) is 0 Å². The number of likely N-dealkylation sites (tertiary alicyclic amines) is 1. The van der Waals surface area contributed by atoms with Gasteiger partial charge in [-0.1, -0.05) is 0 Å². The van der Waals surface area contributed by atoms with Crippen molar-refractivity contribution in [3.05, 3.63) is 36.2 Å². The summed E-state index contributed by atoms with van der Waals surface area (Å²) < 4.78 is 0. The lowest BCUT2D eigenvalue weighted by Crippen LogP contribution is -2.43. The number of nitrogens with zero attached hydrogens (tertiary/aromatic N) is 5. The van der Waals surface area contributed by atoms with Gasteiger partial charge in [0.05, 0.1) is 12.7 Å². The molecule has 0 aromatic carbocycles. The van der Waals surface area contributed by atoms with Crippen LogP contribution >= 0.6 is 0 Å². The van der Waals surface area contributed by atoms with E-state index in [1.165, 1.54) is 0 Å². The van der Waals surface area contributed by atoms with E-state index in [9.17, 15) is 4.79 Å². The molecule has 1 saturated heterocycles. The van der Waals surface area contributed by atoms with E-state index in [-0.39, 0.29) is 11.8 Å². The molecule has 1 fully saturated rings. The second-order valence-electron chi connectivity index (χ2n) is 6.18. The maximum atomic E-state index is 12.1. The Hall–Kier alpha value is -2.61. The van der Waals surface area contributed by atoms with E-state index in [0.29, 0.717) is 24.7 Å². The summed E-state index contributed by atoms with van der Waals surface area (Å²) in [5, 5.41) is 6.08. The first-order valence-corrected chi connectivity index (χ1v) is 8.46. The van der Waals surface area contributed by atoms with Crippen LogP contribution < -0.4 is 10.6 Å². The molecule has 1 aliphatic heterocycles. The first-order valence-electron chi connectivity index (χ1n) is 8.46. The van der Waals surface area contributed by atoms with Gasteiger partial charge in [0.1, 0.15) is 17.5 Å². The summed E-state index contributed by atoms with van der Waals surface area (Å²) in [5.41, 5.74) is 0.884. The highest BCUT2D eigenvalue weighted by Gasteiger charge is 2.26. The van der Waals surface area contributed by atoms with Gasteiger partial charge in [-0.3, -0.25) is 9.78 Å². The van der Waals surface area contributed by atoms with Crippen LogP contribution in [-0.2, 0) is 4.79 Å². The van der Waals surface area contributed by atoms with E-state index < -0.39 is 0 Å². The summed E-state index contributed by atoms with van der Waals surface area (Å²) in [5.74, 6) is 2.38. The van der Waals surface area contributed by atoms with Gasteiger partial charge in [-0.05, 0) is 26.8 Å². The summed E-state index contributed by atoms with van der Waals surface area (Å²) in [6.07, 6.45) is 6.85. The van der Waals surface area contributed by atoms with E-state index in [1.54, 1.807) is 25.6 Å². The summed E-state index contributed by atoms with van der Waals surface area (Å²) in [7, 11) is 1.79. The average Bonchev–Trinajstić information content (AvgIpc) is 2.62. The second kappa shape index (κ2) is 7.98. The highest BCUT2D eigenvalue weighted by molar-refractivity contribution is 5.78. The maximum Gasteiger partial charge on any atom is 0.236 e. The molecule has 3 heterocycles. The molecule has 2 aromatic rings. The van der Waals surface area contributed by atoms with Crippen LogP contribution in [0.4, 0.5) is 11.6 Å². The number of anilines is 2. The summed E-state index contributed by atoms with van der Waals surface area (Å²) in [6, 6.07) is 1.88. The van der Waals surface area contributed by atoms with Crippen LogP contribution in [0.1, 0.15) is 30.3 Å². The number of carbonyl (C=O) groups excluding carboxylic acids is 1. The molecule has 0 saturated carbocycles. The number of rotatable bonds is 5. The van der Waals surface area contributed by atoms with E-state index >= 15 is 0 Å². The fraction of sp³-hybridized carbons (Fsp3) is 0.471. The lowest BCUT2D eigenvalue weighted by molar-refractivity contribution is -0.131. The average molecular weight is 341 g/mol. The zero-order valence-corrected chi connectivity index (χ0v) is 14.6. The van der Waals surface area contributed by atoms with E-state index in [4.69, 9.17) is 0 Å². The van der Waals surface area contributed by atoms with Crippen molar-refractivity contribution in [2.75, 3.05) is 32.0 Å². The Morgan fingerprint density at radius 3 is 2.96 bits per heavy atom. The van der Waals surface area contributed by atoms with Crippen LogP contribution in [0.15, 0.2) is 24.7 Å². The van der Waals surface area contributed by atoms with Gasteiger partial charge in [0, 0.05) is 43.2 Å². The Morgan fingerprint density at radius 2 is 2.20 bits per heavy atom. The molecule has 2 N–H and O–H groups in total. The minimum absolute atomic E-state index is 0.123. The maximum absolute atomic E-state index is 12.1. The molecule has 3 rings (SSSR count). The number of carbonyl (C=O) groups is 1. The van der Waals surface area contributed by atoms with Crippen LogP contribution in [0.25, 0.3) is 0 Å². The van der Waals surface area contributed by atoms with Gasteiger partial charge < -0.3 is 15.5 Å². The van der Waals surface area contributed by atoms with Crippen molar-refractivity contribution in [1.29, 1.82) is 0 Å². The van der Waals surface area contributed by atoms with E-state index in [2.05, 4.69) is 30.6 Å². The Bertz CT molecular complexity index is 722. The SMILES string of the molecule is CNCC(=O)N1CCCC(c2nc(C)cc(Nc3cnccn3)n2)C1. The van der Waals surface area contributed by atoms with Gasteiger partial charge in [0.2, 0.25) is 5.91 Å². The zero-order valence-electron chi connectivity index (χ0n) is 14.6. The summed E-state index contributed by atoms with van der Waals surface area (Å²) in [6.45, 7) is 3.77. The van der Waals surface area contributed by atoms with Crippen molar-refractivity contribution in [3.63, 3.8) is 0 Å². The standard InChI is InChI=1S/C17H23N7O/c1-12-8-14(22-15-9-19-5-6-20-15)23-17(21-12)13-4-3-7-24(11-13)16(25)10-18-2/h5-6,8-9,13,18H,3-4,7,10-11H2,1-2H3,(H,20,21,22,23). The quantitative estimate of drug-likeness (QED) is 0.845. The number of hydrogen-bond acceptors (Lipinski definition) is 7. The molecule has 2 aromatic heterocycles. The number of piperidine rings is 1. The molecule has 1 unspecified atom stereocenters. The van der Waals surface area contributed by atoms with Crippen molar-refractivity contribution in [2.24, 2.45) is 0 Å². The Morgan fingerprint density at radius 1 is 1.32 bits per heavy atom. The largest absolute Gasteiger partial charge is 0.341 e. The number of hydrogen-bond donors (Lipinski definition) is 2. The molecule has 8 nitrogen and oxygen atoms in total. The number of likely N-dealkylation sites (N-methyl/N-ethyl adjacent to an activating group) is 1. The fourth-order valence-electron chi connectivity index (χ4n) is 3.01. The van der Waals surface area contributed by atoms with Crippen molar-refractivity contribution in [3.8, 4) is 0 Å². The number of aryl methyl sites for hydroxylation is 1.